The van der Waals surface area contributed by atoms with Gasteiger partial charge in [0.2, 0.25) is 11.9 Å². The summed E-state index contributed by atoms with van der Waals surface area (Å²) in [5.74, 6) is 2.46. The van der Waals surface area contributed by atoms with Gasteiger partial charge in [0, 0.05) is 53.9 Å². The fraction of sp³-hybridized carbons (Fsp3) is 0.917. The fourth-order valence-corrected chi connectivity index (χ4v) is 8.28. The summed E-state index contributed by atoms with van der Waals surface area (Å²) < 4.78 is 5.60. The average Bonchev–Trinajstić information content (AvgIpc) is 2.93. The molecule has 3 aliphatic rings. The highest BCUT2D eigenvalue weighted by molar-refractivity contribution is 5.41. The summed E-state index contributed by atoms with van der Waals surface area (Å²) in [6.45, 7) is 26.5. The molecule has 0 aliphatic carbocycles. The number of hydrogen-bond acceptors (Lipinski definition) is 9. The van der Waals surface area contributed by atoms with Gasteiger partial charge in [0.25, 0.3) is 0 Å². The maximum absolute atomic E-state index is 5.60. The van der Waals surface area contributed by atoms with Gasteiger partial charge in [-0.05, 0) is 129 Å². The maximum atomic E-state index is 5.60. The van der Waals surface area contributed by atoms with E-state index in [1.54, 1.807) is 0 Å². The van der Waals surface area contributed by atoms with Crippen molar-refractivity contribution in [1.82, 2.24) is 29.7 Å². The van der Waals surface area contributed by atoms with Gasteiger partial charge in [-0.3, -0.25) is 9.80 Å². The molecule has 0 radical (unpaired) electrons. The molecule has 1 aromatic heterocycles. The highest BCUT2D eigenvalue weighted by Gasteiger charge is 2.46. The van der Waals surface area contributed by atoms with E-state index in [0.717, 1.165) is 69.8 Å². The van der Waals surface area contributed by atoms with E-state index in [-0.39, 0.29) is 29.6 Å². The summed E-state index contributed by atoms with van der Waals surface area (Å²) in [7, 11) is 6.94. The van der Waals surface area contributed by atoms with E-state index >= 15 is 0 Å². The van der Waals surface area contributed by atoms with Crippen LogP contribution in [0.5, 0.6) is 0 Å². The molecule has 4 rings (SSSR count). The molecule has 45 heavy (non-hydrogen) atoms. The Hall–Kier alpha value is -1.55. The molecule has 1 aromatic rings. The third-order valence-electron chi connectivity index (χ3n) is 11.6. The van der Waals surface area contributed by atoms with Crippen molar-refractivity contribution < 1.29 is 4.74 Å². The monoisotopic (exact) mass is 631 g/mol. The Balaban J connectivity index is 0.00000552. The molecule has 0 spiro atoms. The molecule has 0 N–H and O–H groups in total. The van der Waals surface area contributed by atoms with Gasteiger partial charge in [0.05, 0.1) is 13.2 Å². The number of morpholine rings is 1. The summed E-state index contributed by atoms with van der Waals surface area (Å²) in [6.07, 6.45) is 9.56. The van der Waals surface area contributed by atoms with Crippen LogP contribution in [0.1, 0.15) is 120 Å². The molecule has 0 unspecified atom stereocenters. The van der Waals surface area contributed by atoms with E-state index in [2.05, 4.69) is 101 Å². The van der Waals surface area contributed by atoms with Crippen molar-refractivity contribution in [2.75, 3.05) is 70.3 Å². The van der Waals surface area contributed by atoms with E-state index in [1.807, 2.05) is 6.92 Å². The van der Waals surface area contributed by atoms with Gasteiger partial charge >= 0.3 is 0 Å². The number of piperidine rings is 2. The summed E-state index contributed by atoms with van der Waals surface area (Å²) in [5.41, 5.74) is 0.662. The highest BCUT2D eigenvalue weighted by atomic mass is 16.5. The van der Waals surface area contributed by atoms with Crippen molar-refractivity contribution in [3.05, 3.63) is 5.82 Å². The average molecular weight is 631 g/mol. The zero-order chi connectivity index (χ0) is 32.5. The van der Waals surface area contributed by atoms with E-state index in [1.165, 1.54) is 38.6 Å². The van der Waals surface area contributed by atoms with Gasteiger partial charge in [-0.25, -0.2) is 0 Å². The quantitative estimate of drug-likeness (QED) is 0.264. The predicted molar refractivity (Wildman–Crippen MR) is 191 cm³/mol. The van der Waals surface area contributed by atoms with Crippen LogP contribution in [0.3, 0.4) is 0 Å². The Labute approximate surface area is 277 Å². The van der Waals surface area contributed by atoms with Crippen molar-refractivity contribution in [2.45, 2.75) is 155 Å². The number of anilines is 2. The lowest BCUT2D eigenvalue weighted by molar-refractivity contribution is -0.0426. The first-order chi connectivity index (χ1) is 20.4. The third-order valence-corrected chi connectivity index (χ3v) is 11.6. The van der Waals surface area contributed by atoms with Crippen LogP contribution in [-0.4, -0.2) is 124 Å². The SMILES string of the molecule is C.Cc1nc(N2CCOCC2)nc(N(CCCCCCN(C)C2CC(C)(C)N(C)C(C)(C)C2)C2CC(C)(C)N(C)C(C)(C)C2)n1. The molecule has 260 valence electrons. The smallest absolute Gasteiger partial charge is 0.230 e. The summed E-state index contributed by atoms with van der Waals surface area (Å²) in [5, 5.41) is 0. The van der Waals surface area contributed by atoms with Crippen molar-refractivity contribution in [3.8, 4) is 0 Å². The summed E-state index contributed by atoms with van der Waals surface area (Å²) in [4.78, 5) is 27.4. The second-order valence-electron chi connectivity index (χ2n) is 16.7. The van der Waals surface area contributed by atoms with Gasteiger partial charge in [-0.2, -0.15) is 15.0 Å². The lowest BCUT2D eigenvalue weighted by atomic mass is 9.77. The molecule has 4 heterocycles. The predicted octanol–water partition coefficient (Wildman–Crippen LogP) is 6.25. The van der Waals surface area contributed by atoms with Crippen LogP contribution in [0.4, 0.5) is 11.9 Å². The minimum atomic E-state index is 0. The zero-order valence-corrected chi connectivity index (χ0v) is 30.5. The fourth-order valence-electron chi connectivity index (χ4n) is 8.28. The van der Waals surface area contributed by atoms with Crippen LogP contribution in [-0.2, 0) is 4.74 Å². The molecule has 0 amide bonds. The zero-order valence-electron chi connectivity index (χ0n) is 30.5. The van der Waals surface area contributed by atoms with Crippen molar-refractivity contribution in [3.63, 3.8) is 0 Å². The number of nitrogens with zero attached hydrogens (tertiary/aromatic N) is 8. The minimum absolute atomic E-state index is 0. The van der Waals surface area contributed by atoms with Crippen LogP contribution in [0.25, 0.3) is 0 Å². The Morgan fingerprint density at radius 3 is 1.67 bits per heavy atom. The van der Waals surface area contributed by atoms with E-state index < -0.39 is 0 Å². The molecule has 3 aliphatic heterocycles. The second kappa shape index (κ2) is 14.7. The van der Waals surface area contributed by atoms with Crippen LogP contribution in [0, 0.1) is 6.92 Å². The van der Waals surface area contributed by atoms with E-state index in [4.69, 9.17) is 19.7 Å². The van der Waals surface area contributed by atoms with Gasteiger partial charge in [-0.15, -0.1) is 0 Å². The number of unbranched alkanes of at least 4 members (excludes halogenated alkanes) is 3. The largest absolute Gasteiger partial charge is 0.378 e. The molecule has 0 atom stereocenters. The summed E-state index contributed by atoms with van der Waals surface area (Å²) in [6, 6.07) is 1.04. The number of aryl methyl sites for hydroxylation is 1. The van der Waals surface area contributed by atoms with Gasteiger partial charge in [0.1, 0.15) is 5.82 Å². The lowest BCUT2D eigenvalue weighted by Crippen LogP contribution is -2.63. The van der Waals surface area contributed by atoms with Gasteiger partial charge in [0.15, 0.2) is 0 Å². The van der Waals surface area contributed by atoms with Gasteiger partial charge < -0.3 is 19.4 Å². The lowest BCUT2D eigenvalue weighted by Gasteiger charge is -2.55. The first-order valence-corrected chi connectivity index (χ1v) is 17.4. The molecular weight excluding hydrogens is 560 g/mol. The standard InChI is InChI=1S/C35H66N8O.CH4/c1-27-36-30(42-19-21-44-22-20-42)38-31(37-27)43(29-25-34(6,7)41(12)35(8,9)26-29)18-16-14-13-15-17-39(10)28-23-32(2,3)40(11)33(4,5)24-28;/h28-29H,13-26H2,1-12H3;1H4. The molecule has 0 bridgehead atoms. The molecule has 0 aromatic carbocycles. The molecule has 3 saturated heterocycles. The summed E-state index contributed by atoms with van der Waals surface area (Å²) >= 11 is 0. The second-order valence-corrected chi connectivity index (χ2v) is 16.7. The third kappa shape index (κ3) is 9.08. The molecule has 3 fully saturated rings. The number of rotatable bonds is 11. The highest BCUT2D eigenvalue weighted by Crippen LogP contribution is 2.40. The van der Waals surface area contributed by atoms with Crippen LogP contribution in [0.2, 0.25) is 0 Å². The number of aromatic nitrogens is 3. The first-order valence-electron chi connectivity index (χ1n) is 17.4. The van der Waals surface area contributed by atoms with E-state index in [9.17, 15) is 0 Å². The van der Waals surface area contributed by atoms with Crippen molar-refractivity contribution in [1.29, 1.82) is 0 Å². The number of likely N-dealkylation sites (tertiary alicyclic amines) is 2. The maximum Gasteiger partial charge on any atom is 0.230 e. The van der Waals surface area contributed by atoms with Gasteiger partial charge in [-0.1, -0.05) is 20.3 Å². The van der Waals surface area contributed by atoms with Crippen LogP contribution >= 0.6 is 0 Å². The minimum Gasteiger partial charge on any atom is -0.378 e. The topological polar surface area (TPSA) is 64.1 Å². The Morgan fingerprint density at radius 2 is 1.16 bits per heavy atom. The Morgan fingerprint density at radius 1 is 0.689 bits per heavy atom. The normalized spacial score (nSPS) is 24.1. The van der Waals surface area contributed by atoms with Crippen molar-refractivity contribution in [2.24, 2.45) is 0 Å². The Bertz CT molecular complexity index is 1050. The molecule has 9 nitrogen and oxygen atoms in total. The molecular formula is C36H70N8O. The first kappa shape index (κ1) is 37.9. The van der Waals surface area contributed by atoms with Crippen molar-refractivity contribution >= 4 is 11.9 Å². The Kier molecular flexibility index (Phi) is 12.4. The van der Waals surface area contributed by atoms with Crippen LogP contribution < -0.4 is 9.80 Å². The number of ether oxygens (including phenoxy) is 1. The molecule has 0 saturated carbocycles. The number of hydrogen-bond donors (Lipinski definition) is 0. The van der Waals surface area contributed by atoms with E-state index in [0.29, 0.717) is 12.1 Å². The van der Waals surface area contributed by atoms with Crippen LogP contribution in [0.15, 0.2) is 0 Å². The molecule has 9 heteroatoms.